The summed E-state index contributed by atoms with van der Waals surface area (Å²) in [6.45, 7) is 0. The predicted octanol–water partition coefficient (Wildman–Crippen LogP) is 3.57. The summed E-state index contributed by atoms with van der Waals surface area (Å²) in [5.41, 5.74) is 3.20. The second kappa shape index (κ2) is 5.59. The number of carbonyl (C=O) groups excluding carboxylic acids is 1. The van der Waals surface area contributed by atoms with Gasteiger partial charge in [0.1, 0.15) is 0 Å². The lowest BCUT2D eigenvalue weighted by Crippen LogP contribution is -2.19. The second-order valence-corrected chi connectivity index (χ2v) is 3.97. The second-order valence-electron chi connectivity index (χ2n) is 3.97. The van der Waals surface area contributed by atoms with E-state index in [4.69, 9.17) is 5.73 Å². The minimum atomic E-state index is -4.78. The first-order valence-electron chi connectivity index (χ1n) is 5.32. The first-order chi connectivity index (χ1) is 8.99. The quantitative estimate of drug-likeness (QED) is 0.662. The van der Waals surface area contributed by atoms with E-state index in [-0.39, 0.29) is 5.69 Å². The Balaban J connectivity index is 2.85. The lowest BCUT2D eigenvalue weighted by molar-refractivity contribution is -0.142. The number of anilines is 2. The van der Waals surface area contributed by atoms with Crippen LogP contribution in [-0.4, -0.2) is 12.1 Å². The third-order valence-electron chi connectivity index (χ3n) is 2.26. The number of halogens is 6. The van der Waals surface area contributed by atoms with Crippen molar-refractivity contribution in [2.75, 3.05) is 11.1 Å². The Kier molecular flexibility index (Phi) is 4.51. The highest BCUT2D eigenvalue weighted by Crippen LogP contribution is 2.36. The maximum Gasteiger partial charge on any atom is 0.418 e. The average Bonchev–Trinajstić information content (AvgIpc) is 2.26. The highest BCUT2D eigenvalue weighted by molar-refractivity contribution is 5.91. The summed E-state index contributed by atoms with van der Waals surface area (Å²) in [6.07, 6.45) is -11.7. The zero-order chi connectivity index (χ0) is 15.6. The summed E-state index contributed by atoms with van der Waals surface area (Å²) in [5, 5.41) is 1.80. The number of nitrogens with two attached hydrogens (primary N) is 1. The van der Waals surface area contributed by atoms with E-state index >= 15 is 0 Å². The fourth-order valence-electron chi connectivity index (χ4n) is 1.37. The molecule has 0 radical (unpaired) electrons. The van der Waals surface area contributed by atoms with Crippen molar-refractivity contribution in [1.82, 2.24) is 0 Å². The molecule has 3 N–H and O–H groups in total. The van der Waals surface area contributed by atoms with Gasteiger partial charge in [0.2, 0.25) is 5.91 Å². The molecule has 0 saturated carbocycles. The van der Waals surface area contributed by atoms with Gasteiger partial charge in [0.15, 0.2) is 0 Å². The largest absolute Gasteiger partial charge is 0.418 e. The van der Waals surface area contributed by atoms with E-state index in [1.54, 1.807) is 5.32 Å². The standard InChI is InChI=1S/C11H10F6N2O/c12-10(13,14)4-3-9(20)19-8-2-1-6(18)5-7(8)11(15,16)17/h1-2,5H,3-4,18H2,(H,19,20). The number of benzene rings is 1. The minimum absolute atomic E-state index is 0.175. The summed E-state index contributed by atoms with van der Waals surface area (Å²) in [4.78, 5) is 11.2. The number of amides is 1. The van der Waals surface area contributed by atoms with Gasteiger partial charge in [0.05, 0.1) is 17.7 Å². The normalized spacial score (nSPS) is 12.3. The smallest absolute Gasteiger partial charge is 0.399 e. The monoisotopic (exact) mass is 300 g/mol. The Morgan fingerprint density at radius 3 is 2.25 bits per heavy atom. The number of alkyl halides is 6. The highest BCUT2D eigenvalue weighted by atomic mass is 19.4. The number of carbonyl (C=O) groups is 1. The molecule has 3 nitrogen and oxygen atoms in total. The minimum Gasteiger partial charge on any atom is -0.399 e. The molecule has 0 spiro atoms. The number of nitrogen functional groups attached to an aromatic ring is 1. The van der Waals surface area contributed by atoms with Gasteiger partial charge in [0.25, 0.3) is 0 Å². The van der Waals surface area contributed by atoms with Crippen LogP contribution in [-0.2, 0) is 11.0 Å². The number of hydrogen-bond donors (Lipinski definition) is 2. The van der Waals surface area contributed by atoms with Crippen LogP contribution >= 0.6 is 0 Å². The van der Waals surface area contributed by atoms with Crippen molar-refractivity contribution in [1.29, 1.82) is 0 Å². The molecule has 112 valence electrons. The van der Waals surface area contributed by atoms with Crippen molar-refractivity contribution in [3.05, 3.63) is 23.8 Å². The van der Waals surface area contributed by atoms with Crippen LogP contribution < -0.4 is 11.1 Å². The van der Waals surface area contributed by atoms with Crippen LogP contribution in [0.15, 0.2) is 18.2 Å². The Hall–Kier alpha value is -1.93. The van der Waals surface area contributed by atoms with Gasteiger partial charge in [0, 0.05) is 12.1 Å². The fourth-order valence-corrected chi connectivity index (χ4v) is 1.37. The van der Waals surface area contributed by atoms with E-state index in [0.717, 1.165) is 12.1 Å². The zero-order valence-corrected chi connectivity index (χ0v) is 9.90. The average molecular weight is 300 g/mol. The Labute approximate surface area is 109 Å². The summed E-state index contributed by atoms with van der Waals surface area (Å²) in [6, 6.07) is 2.59. The highest BCUT2D eigenvalue weighted by Gasteiger charge is 2.34. The van der Waals surface area contributed by atoms with Gasteiger partial charge >= 0.3 is 12.4 Å². The molecule has 0 aliphatic carbocycles. The molecule has 0 aliphatic rings. The van der Waals surface area contributed by atoms with Gasteiger partial charge in [-0.3, -0.25) is 4.79 Å². The van der Waals surface area contributed by atoms with E-state index in [9.17, 15) is 31.1 Å². The van der Waals surface area contributed by atoms with Crippen LogP contribution in [0.3, 0.4) is 0 Å². The maximum absolute atomic E-state index is 12.7. The van der Waals surface area contributed by atoms with Gasteiger partial charge in [-0.05, 0) is 18.2 Å². The molecule has 0 aliphatic heterocycles. The number of rotatable bonds is 3. The molecule has 1 aromatic carbocycles. The molecule has 1 amide bonds. The topological polar surface area (TPSA) is 55.1 Å². The molecular weight excluding hydrogens is 290 g/mol. The third kappa shape index (κ3) is 4.98. The van der Waals surface area contributed by atoms with Crippen molar-refractivity contribution in [3.8, 4) is 0 Å². The molecule has 0 unspecified atom stereocenters. The molecule has 0 heterocycles. The molecule has 0 bridgehead atoms. The van der Waals surface area contributed by atoms with Crippen LogP contribution in [0.25, 0.3) is 0 Å². The van der Waals surface area contributed by atoms with Gasteiger partial charge in [-0.25, -0.2) is 0 Å². The molecule has 1 aromatic rings. The van der Waals surface area contributed by atoms with Crippen molar-refractivity contribution in [2.24, 2.45) is 0 Å². The summed E-state index contributed by atoms with van der Waals surface area (Å²) >= 11 is 0. The van der Waals surface area contributed by atoms with Gasteiger partial charge in [-0.2, -0.15) is 26.3 Å². The maximum atomic E-state index is 12.7. The molecule has 20 heavy (non-hydrogen) atoms. The van der Waals surface area contributed by atoms with Gasteiger partial charge in [-0.15, -0.1) is 0 Å². The predicted molar refractivity (Wildman–Crippen MR) is 59.8 cm³/mol. The molecule has 0 aromatic heterocycles. The Morgan fingerprint density at radius 1 is 1.15 bits per heavy atom. The fraction of sp³-hybridized carbons (Fsp3) is 0.364. The molecule has 9 heteroatoms. The third-order valence-corrected chi connectivity index (χ3v) is 2.26. The van der Waals surface area contributed by atoms with Crippen LogP contribution in [0.4, 0.5) is 37.7 Å². The summed E-state index contributed by atoms with van der Waals surface area (Å²) < 4.78 is 73.7. The van der Waals surface area contributed by atoms with Crippen LogP contribution in [0.1, 0.15) is 18.4 Å². The number of hydrogen-bond acceptors (Lipinski definition) is 2. The van der Waals surface area contributed by atoms with E-state index in [1.807, 2.05) is 0 Å². The Bertz CT molecular complexity index is 495. The molecule has 0 fully saturated rings. The van der Waals surface area contributed by atoms with Crippen molar-refractivity contribution in [3.63, 3.8) is 0 Å². The lowest BCUT2D eigenvalue weighted by Gasteiger charge is -2.14. The van der Waals surface area contributed by atoms with Crippen molar-refractivity contribution < 1.29 is 31.1 Å². The van der Waals surface area contributed by atoms with E-state index in [0.29, 0.717) is 6.07 Å². The van der Waals surface area contributed by atoms with E-state index in [1.165, 1.54) is 0 Å². The first-order valence-corrected chi connectivity index (χ1v) is 5.32. The van der Waals surface area contributed by atoms with Crippen molar-refractivity contribution >= 4 is 17.3 Å². The van der Waals surface area contributed by atoms with Gasteiger partial charge < -0.3 is 11.1 Å². The summed E-state index contributed by atoms with van der Waals surface area (Å²) in [7, 11) is 0. The molecule has 1 rings (SSSR count). The SMILES string of the molecule is Nc1ccc(NC(=O)CCC(F)(F)F)c(C(F)(F)F)c1. The van der Waals surface area contributed by atoms with Crippen LogP contribution in [0, 0.1) is 0 Å². The van der Waals surface area contributed by atoms with Gasteiger partial charge in [-0.1, -0.05) is 0 Å². The lowest BCUT2D eigenvalue weighted by atomic mass is 10.1. The van der Waals surface area contributed by atoms with Crippen LogP contribution in [0.2, 0.25) is 0 Å². The molecular formula is C11H10F6N2O. The molecule has 0 atom stereocenters. The first kappa shape index (κ1) is 16.1. The van der Waals surface area contributed by atoms with E-state index < -0.39 is 42.4 Å². The Morgan fingerprint density at radius 2 is 1.75 bits per heavy atom. The van der Waals surface area contributed by atoms with Crippen LogP contribution in [0.5, 0.6) is 0 Å². The van der Waals surface area contributed by atoms with E-state index in [2.05, 4.69) is 0 Å². The molecule has 0 saturated heterocycles. The zero-order valence-electron chi connectivity index (χ0n) is 9.90. The summed E-state index contributed by atoms with van der Waals surface area (Å²) in [5.74, 6) is -1.16. The van der Waals surface area contributed by atoms with Crippen molar-refractivity contribution in [2.45, 2.75) is 25.2 Å². The number of nitrogens with one attached hydrogen (secondary N) is 1.